The van der Waals surface area contributed by atoms with Gasteiger partial charge >= 0.3 is 0 Å². The third-order valence-corrected chi connectivity index (χ3v) is 6.49. The van der Waals surface area contributed by atoms with E-state index in [9.17, 15) is 0 Å². The van der Waals surface area contributed by atoms with Crippen LogP contribution in [0.4, 0.5) is 5.13 Å². The van der Waals surface area contributed by atoms with E-state index >= 15 is 0 Å². The minimum absolute atomic E-state index is 0.612. The molecule has 4 rings (SSSR count). The molecule has 26 heavy (non-hydrogen) atoms. The molecule has 0 bridgehead atoms. The van der Waals surface area contributed by atoms with E-state index in [1.807, 2.05) is 18.2 Å². The van der Waals surface area contributed by atoms with Crippen molar-refractivity contribution in [3.8, 4) is 0 Å². The molecule has 1 aromatic carbocycles. The molecular formula is C18H16N4OS3. The smallest absolute Gasteiger partial charge is 0.206 e. The molecule has 0 atom stereocenters. The summed E-state index contributed by atoms with van der Waals surface area (Å²) in [5.41, 5.74) is 2.38. The highest BCUT2D eigenvalue weighted by atomic mass is 32.2. The van der Waals surface area contributed by atoms with Crippen molar-refractivity contribution in [1.29, 1.82) is 0 Å². The van der Waals surface area contributed by atoms with E-state index in [1.165, 1.54) is 5.56 Å². The lowest BCUT2D eigenvalue weighted by atomic mass is 10.2. The molecule has 0 spiro atoms. The van der Waals surface area contributed by atoms with E-state index in [4.69, 9.17) is 9.40 Å². The van der Waals surface area contributed by atoms with Crippen molar-refractivity contribution in [1.82, 2.24) is 15.2 Å². The highest BCUT2D eigenvalue weighted by Gasteiger charge is 2.08. The number of nitrogens with one attached hydrogen (secondary N) is 1. The zero-order chi connectivity index (χ0) is 17.6. The van der Waals surface area contributed by atoms with Crippen LogP contribution in [-0.4, -0.2) is 15.2 Å². The Kier molecular flexibility index (Phi) is 5.63. The second kappa shape index (κ2) is 8.48. The van der Waals surface area contributed by atoms with E-state index in [0.717, 1.165) is 38.1 Å². The van der Waals surface area contributed by atoms with Gasteiger partial charge in [0.05, 0.1) is 23.5 Å². The first-order valence-electron chi connectivity index (χ1n) is 8.05. The lowest BCUT2D eigenvalue weighted by Gasteiger charge is -1.97. The van der Waals surface area contributed by atoms with Crippen LogP contribution in [0.2, 0.25) is 0 Å². The Morgan fingerprint density at radius 2 is 2.00 bits per heavy atom. The Balaban J connectivity index is 1.28. The van der Waals surface area contributed by atoms with Crippen LogP contribution in [0.5, 0.6) is 0 Å². The van der Waals surface area contributed by atoms with E-state index in [0.29, 0.717) is 6.54 Å². The summed E-state index contributed by atoms with van der Waals surface area (Å²) >= 11 is 4.92. The number of thioether (sulfide) groups is 1. The molecule has 4 aromatic rings. The van der Waals surface area contributed by atoms with Crippen LogP contribution in [0.3, 0.4) is 0 Å². The number of nitrogens with zero attached hydrogens (tertiary/aromatic N) is 3. The van der Waals surface area contributed by atoms with Crippen molar-refractivity contribution in [3.63, 3.8) is 0 Å². The van der Waals surface area contributed by atoms with Gasteiger partial charge in [-0.25, -0.2) is 4.98 Å². The van der Waals surface area contributed by atoms with Gasteiger partial charge in [-0.1, -0.05) is 53.4 Å². The Morgan fingerprint density at radius 1 is 1.08 bits per heavy atom. The topological polar surface area (TPSA) is 63.8 Å². The summed E-state index contributed by atoms with van der Waals surface area (Å²) in [5, 5.41) is 15.7. The number of hydrogen-bond donors (Lipinski definition) is 1. The summed E-state index contributed by atoms with van der Waals surface area (Å²) in [5.74, 6) is 1.68. The number of rotatable bonds is 8. The van der Waals surface area contributed by atoms with Crippen molar-refractivity contribution in [3.05, 3.63) is 76.1 Å². The number of anilines is 1. The van der Waals surface area contributed by atoms with Crippen molar-refractivity contribution in [2.75, 3.05) is 5.32 Å². The quantitative estimate of drug-likeness (QED) is 0.416. The molecule has 0 saturated carbocycles. The first-order chi connectivity index (χ1) is 12.8. The highest BCUT2D eigenvalue weighted by Crippen LogP contribution is 2.29. The van der Waals surface area contributed by atoms with E-state index in [1.54, 1.807) is 40.7 Å². The molecule has 0 amide bonds. The van der Waals surface area contributed by atoms with Crippen molar-refractivity contribution in [2.45, 2.75) is 23.1 Å². The number of thiazole rings is 1. The summed E-state index contributed by atoms with van der Waals surface area (Å²) in [4.78, 5) is 4.72. The average molecular weight is 401 g/mol. The van der Waals surface area contributed by atoms with Gasteiger partial charge in [-0.2, -0.15) is 0 Å². The monoisotopic (exact) mass is 400 g/mol. The van der Waals surface area contributed by atoms with Gasteiger partial charge in [0.2, 0.25) is 5.13 Å². The van der Waals surface area contributed by atoms with Gasteiger partial charge in [-0.3, -0.25) is 0 Å². The average Bonchev–Trinajstić information content (AvgIpc) is 3.41. The highest BCUT2D eigenvalue weighted by molar-refractivity contribution is 8.00. The molecular weight excluding hydrogens is 384 g/mol. The molecule has 1 N–H and O–H groups in total. The summed E-state index contributed by atoms with van der Waals surface area (Å²) in [6, 6.07) is 14.2. The number of hydrogen-bond acceptors (Lipinski definition) is 8. The molecule has 0 aliphatic rings. The molecule has 8 heteroatoms. The van der Waals surface area contributed by atoms with Crippen LogP contribution in [0, 0.1) is 0 Å². The Hall–Kier alpha value is -2.16. The fourth-order valence-corrected chi connectivity index (χ4v) is 4.89. The second-order valence-electron chi connectivity index (χ2n) is 5.49. The standard InChI is InChI=1S/C18H16N4OS3/c1-2-5-13(6-3-1)9-16-20-14(11-24-16)12-25-18-22-21-17(26-18)19-10-15-7-4-8-23-15/h1-8,11H,9-10,12H2,(H,19,21). The molecule has 0 aliphatic carbocycles. The van der Waals surface area contributed by atoms with Gasteiger partial charge < -0.3 is 9.73 Å². The van der Waals surface area contributed by atoms with Crippen LogP contribution in [-0.2, 0) is 18.7 Å². The molecule has 0 radical (unpaired) electrons. The molecule has 0 unspecified atom stereocenters. The van der Waals surface area contributed by atoms with Gasteiger partial charge in [0.25, 0.3) is 0 Å². The van der Waals surface area contributed by atoms with Crippen molar-refractivity contribution in [2.24, 2.45) is 0 Å². The first kappa shape index (κ1) is 17.3. The van der Waals surface area contributed by atoms with Gasteiger partial charge in [-0.05, 0) is 17.7 Å². The zero-order valence-electron chi connectivity index (χ0n) is 13.8. The number of benzene rings is 1. The molecule has 3 aromatic heterocycles. The Bertz CT molecular complexity index is 934. The molecule has 5 nitrogen and oxygen atoms in total. The third kappa shape index (κ3) is 4.72. The van der Waals surface area contributed by atoms with E-state index in [-0.39, 0.29) is 0 Å². The SMILES string of the molecule is c1ccc(Cc2nc(CSc3nnc(NCc4ccco4)s3)cs2)cc1. The lowest BCUT2D eigenvalue weighted by molar-refractivity contribution is 0.518. The molecule has 0 fully saturated rings. The lowest BCUT2D eigenvalue weighted by Crippen LogP contribution is -1.96. The van der Waals surface area contributed by atoms with Gasteiger partial charge in [-0.15, -0.1) is 21.5 Å². The van der Waals surface area contributed by atoms with Crippen LogP contribution < -0.4 is 5.32 Å². The van der Waals surface area contributed by atoms with E-state index in [2.05, 4.69) is 45.2 Å². The van der Waals surface area contributed by atoms with E-state index < -0.39 is 0 Å². The Labute approximate surface area is 163 Å². The Morgan fingerprint density at radius 3 is 2.85 bits per heavy atom. The normalized spacial score (nSPS) is 10.9. The number of furan rings is 1. The van der Waals surface area contributed by atoms with Gasteiger partial charge in [0.1, 0.15) is 5.76 Å². The summed E-state index contributed by atoms with van der Waals surface area (Å²) < 4.78 is 6.23. The molecule has 0 saturated heterocycles. The van der Waals surface area contributed by atoms with Crippen LogP contribution in [0.1, 0.15) is 22.0 Å². The summed E-state index contributed by atoms with van der Waals surface area (Å²) in [7, 11) is 0. The molecule has 0 aliphatic heterocycles. The fraction of sp³-hybridized carbons (Fsp3) is 0.167. The minimum Gasteiger partial charge on any atom is -0.467 e. The van der Waals surface area contributed by atoms with Gasteiger partial charge in [0, 0.05) is 17.6 Å². The van der Waals surface area contributed by atoms with Gasteiger partial charge in [0.15, 0.2) is 4.34 Å². The molecule has 3 heterocycles. The van der Waals surface area contributed by atoms with Crippen molar-refractivity contribution < 1.29 is 4.42 Å². The largest absolute Gasteiger partial charge is 0.467 e. The fourth-order valence-electron chi connectivity index (χ4n) is 2.32. The maximum Gasteiger partial charge on any atom is 0.206 e. The summed E-state index contributed by atoms with van der Waals surface area (Å²) in [6.07, 6.45) is 2.55. The zero-order valence-corrected chi connectivity index (χ0v) is 16.2. The predicted molar refractivity (Wildman–Crippen MR) is 107 cm³/mol. The maximum absolute atomic E-state index is 5.29. The third-order valence-electron chi connectivity index (χ3n) is 3.54. The first-order valence-corrected chi connectivity index (χ1v) is 10.7. The molecule has 132 valence electrons. The van der Waals surface area contributed by atoms with Crippen LogP contribution >= 0.6 is 34.4 Å². The van der Waals surface area contributed by atoms with Crippen LogP contribution in [0.15, 0.2) is 62.9 Å². The second-order valence-corrected chi connectivity index (χ2v) is 8.63. The van der Waals surface area contributed by atoms with Crippen molar-refractivity contribution >= 4 is 39.6 Å². The minimum atomic E-state index is 0.612. The maximum atomic E-state index is 5.29. The summed E-state index contributed by atoms with van der Waals surface area (Å²) in [6.45, 7) is 0.612. The number of aromatic nitrogens is 3. The predicted octanol–water partition coefficient (Wildman–Crippen LogP) is 5.08. The van der Waals surface area contributed by atoms with Crippen LogP contribution in [0.25, 0.3) is 0 Å².